The standard InChI is InChI=1S/C14H17N3O2/c1-19-11-5-3-10(4-6-11)12-13(18)17-14(16-12)7-2-8-15-9-14/h3-6,15H,2,7-9H2,1H3,(H,17,18). The summed E-state index contributed by atoms with van der Waals surface area (Å²) in [6.45, 7) is 1.70. The predicted octanol–water partition coefficient (Wildman–Crippen LogP) is 0.694. The van der Waals surface area contributed by atoms with Gasteiger partial charge in [0.25, 0.3) is 5.91 Å². The lowest BCUT2D eigenvalue weighted by atomic mass is 10.0. The highest BCUT2D eigenvalue weighted by Gasteiger charge is 2.40. The fraction of sp³-hybridized carbons (Fsp3) is 0.429. The van der Waals surface area contributed by atoms with E-state index in [1.807, 2.05) is 24.3 Å². The number of carbonyl (C=O) groups excluding carboxylic acids is 1. The van der Waals surface area contributed by atoms with Gasteiger partial charge in [0.2, 0.25) is 0 Å². The van der Waals surface area contributed by atoms with E-state index >= 15 is 0 Å². The highest BCUT2D eigenvalue weighted by atomic mass is 16.5. The van der Waals surface area contributed by atoms with Gasteiger partial charge >= 0.3 is 0 Å². The number of hydrogen-bond acceptors (Lipinski definition) is 4. The minimum absolute atomic E-state index is 0.0890. The van der Waals surface area contributed by atoms with Crippen molar-refractivity contribution in [3.63, 3.8) is 0 Å². The van der Waals surface area contributed by atoms with E-state index in [9.17, 15) is 4.79 Å². The number of carbonyl (C=O) groups is 1. The Morgan fingerprint density at radius 1 is 1.32 bits per heavy atom. The van der Waals surface area contributed by atoms with Gasteiger partial charge in [-0.1, -0.05) is 0 Å². The van der Waals surface area contributed by atoms with Gasteiger partial charge in [0, 0.05) is 12.1 Å². The number of amides is 1. The maximum atomic E-state index is 12.1. The first-order chi connectivity index (χ1) is 9.22. The fourth-order valence-corrected chi connectivity index (χ4v) is 2.60. The number of aliphatic imine (C=N–C) groups is 1. The van der Waals surface area contributed by atoms with Gasteiger partial charge in [-0.05, 0) is 43.7 Å². The molecular formula is C14H17N3O2. The molecule has 1 atom stereocenters. The van der Waals surface area contributed by atoms with E-state index in [0.717, 1.165) is 30.7 Å². The van der Waals surface area contributed by atoms with Gasteiger partial charge in [-0.15, -0.1) is 0 Å². The molecule has 1 aromatic carbocycles. The summed E-state index contributed by atoms with van der Waals surface area (Å²) < 4.78 is 5.12. The van der Waals surface area contributed by atoms with E-state index < -0.39 is 5.66 Å². The van der Waals surface area contributed by atoms with Crippen LogP contribution in [0.4, 0.5) is 0 Å². The van der Waals surface area contributed by atoms with Gasteiger partial charge in [-0.3, -0.25) is 4.79 Å². The second kappa shape index (κ2) is 4.66. The molecule has 0 aliphatic carbocycles. The van der Waals surface area contributed by atoms with Crippen LogP contribution in [-0.4, -0.2) is 37.5 Å². The Morgan fingerprint density at radius 2 is 2.11 bits per heavy atom. The van der Waals surface area contributed by atoms with Gasteiger partial charge in [0.05, 0.1) is 7.11 Å². The summed E-state index contributed by atoms with van der Waals surface area (Å²) in [7, 11) is 1.62. The Kier molecular flexibility index (Phi) is 2.98. The van der Waals surface area contributed by atoms with Crippen molar-refractivity contribution in [1.29, 1.82) is 0 Å². The summed E-state index contributed by atoms with van der Waals surface area (Å²) in [6, 6.07) is 7.42. The molecule has 1 unspecified atom stereocenters. The van der Waals surface area contributed by atoms with Crippen LogP contribution in [-0.2, 0) is 4.79 Å². The van der Waals surface area contributed by atoms with Crippen molar-refractivity contribution in [3.8, 4) is 5.75 Å². The number of benzene rings is 1. The van der Waals surface area contributed by atoms with Crippen LogP contribution in [0.5, 0.6) is 5.75 Å². The van der Waals surface area contributed by atoms with Crippen LogP contribution in [0.1, 0.15) is 18.4 Å². The minimum Gasteiger partial charge on any atom is -0.497 e. The number of hydrogen-bond donors (Lipinski definition) is 2. The highest BCUT2D eigenvalue weighted by Crippen LogP contribution is 2.24. The van der Waals surface area contributed by atoms with Crippen molar-refractivity contribution < 1.29 is 9.53 Å². The van der Waals surface area contributed by atoms with Crippen molar-refractivity contribution in [3.05, 3.63) is 29.8 Å². The molecule has 0 saturated carbocycles. The third-order valence-electron chi connectivity index (χ3n) is 3.61. The number of piperidine rings is 1. The third-order valence-corrected chi connectivity index (χ3v) is 3.61. The van der Waals surface area contributed by atoms with E-state index in [1.165, 1.54) is 0 Å². The topological polar surface area (TPSA) is 62.7 Å². The molecule has 19 heavy (non-hydrogen) atoms. The molecule has 2 heterocycles. The largest absolute Gasteiger partial charge is 0.497 e. The zero-order valence-corrected chi connectivity index (χ0v) is 10.9. The molecule has 2 aliphatic heterocycles. The molecule has 5 nitrogen and oxygen atoms in total. The number of nitrogens with one attached hydrogen (secondary N) is 2. The SMILES string of the molecule is COc1ccc(C2=NC3(CCCNC3)NC2=O)cc1. The van der Waals surface area contributed by atoms with Crippen molar-refractivity contribution in [2.45, 2.75) is 18.5 Å². The summed E-state index contributed by atoms with van der Waals surface area (Å²) >= 11 is 0. The van der Waals surface area contributed by atoms with Crippen molar-refractivity contribution >= 4 is 11.6 Å². The average Bonchev–Trinajstić information content (AvgIpc) is 2.76. The number of methoxy groups -OCH3 is 1. The molecule has 1 amide bonds. The van der Waals surface area contributed by atoms with E-state index in [2.05, 4.69) is 15.6 Å². The quantitative estimate of drug-likeness (QED) is 0.821. The van der Waals surface area contributed by atoms with Crippen LogP contribution in [0, 0.1) is 0 Å². The zero-order valence-electron chi connectivity index (χ0n) is 10.9. The number of ether oxygens (including phenoxy) is 1. The molecule has 5 heteroatoms. The molecule has 1 saturated heterocycles. The second-order valence-electron chi connectivity index (χ2n) is 4.95. The highest BCUT2D eigenvalue weighted by molar-refractivity contribution is 6.46. The monoisotopic (exact) mass is 259 g/mol. The van der Waals surface area contributed by atoms with Gasteiger partial charge in [0.1, 0.15) is 17.1 Å². The predicted molar refractivity (Wildman–Crippen MR) is 72.5 cm³/mol. The molecule has 0 radical (unpaired) electrons. The Morgan fingerprint density at radius 3 is 2.74 bits per heavy atom. The van der Waals surface area contributed by atoms with E-state index in [-0.39, 0.29) is 5.91 Å². The summed E-state index contributed by atoms with van der Waals surface area (Å²) in [6.07, 6.45) is 1.92. The Balaban J connectivity index is 1.90. The smallest absolute Gasteiger partial charge is 0.272 e. The number of nitrogens with zero attached hydrogens (tertiary/aromatic N) is 1. The van der Waals surface area contributed by atoms with Gasteiger partial charge in [-0.25, -0.2) is 4.99 Å². The summed E-state index contributed by atoms with van der Waals surface area (Å²) in [5.74, 6) is 0.686. The molecule has 100 valence electrons. The van der Waals surface area contributed by atoms with E-state index in [4.69, 9.17) is 4.74 Å². The van der Waals surface area contributed by atoms with Crippen molar-refractivity contribution in [1.82, 2.24) is 10.6 Å². The lowest BCUT2D eigenvalue weighted by Crippen LogP contribution is -2.53. The normalized spacial score (nSPS) is 26.2. The fourth-order valence-electron chi connectivity index (χ4n) is 2.60. The van der Waals surface area contributed by atoms with Crippen LogP contribution in [0.2, 0.25) is 0 Å². The van der Waals surface area contributed by atoms with Gasteiger partial charge in [-0.2, -0.15) is 0 Å². The summed E-state index contributed by atoms with van der Waals surface area (Å²) in [5.41, 5.74) is 0.914. The molecule has 2 aliphatic rings. The van der Waals surface area contributed by atoms with Crippen molar-refractivity contribution in [2.24, 2.45) is 4.99 Å². The first kappa shape index (κ1) is 12.2. The molecule has 1 fully saturated rings. The molecule has 3 rings (SSSR count). The van der Waals surface area contributed by atoms with Crippen LogP contribution in [0.3, 0.4) is 0 Å². The van der Waals surface area contributed by atoms with Crippen LogP contribution in [0.25, 0.3) is 0 Å². The second-order valence-corrected chi connectivity index (χ2v) is 4.95. The van der Waals surface area contributed by atoms with Crippen LogP contribution >= 0.6 is 0 Å². The molecule has 0 bridgehead atoms. The average molecular weight is 259 g/mol. The molecule has 1 aromatic rings. The maximum absolute atomic E-state index is 12.1. The first-order valence-electron chi connectivity index (χ1n) is 6.50. The molecule has 0 aromatic heterocycles. The Labute approximate surface area is 112 Å². The Bertz CT molecular complexity index is 516. The third kappa shape index (κ3) is 2.21. The van der Waals surface area contributed by atoms with Gasteiger partial charge in [0.15, 0.2) is 0 Å². The first-order valence-corrected chi connectivity index (χ1v) is 6.50. The summed E-state index contributed by atoms with van der Waals surface area (Å²) in [5, 5.41) is 6.30. The molecule has 1 spiro atoms. The van der Waals surface area contributed by atoms with E-state index in [0.29, 0.717) is 12.3 Å². The minimum atomic E-state index is -0.440. The van der Waals surface area contributed by atoms with Crippen molar-refractivity contribution in [2.75, 3.05) is 20.2 Å². The maximum Gasteiger partial charge on any atom is 0.272 e. The molecular weight excluding hydrogens is 242 g/mol. The lowest BCUT2D eigenvalue weighted by molar-refractivity contribution is -0.115. The zero-order chi connectivity index (χ0) is 13.3. The van der Waals surface area contributed by atoms with E-state index in [1.54, 1.807) is 7.11 Å². The number of rotatable bonds is 2. The van der Waals surface area contributed by atoms with Crippen LogP contribution < -0.4 is 15.4 Å². The van der Waals surface area contributed by atoms with Gasteiger partial charge < -0.3 is 15.4 Å². The summed E-state index contributed by atoms with van der Waals surface area (Å²) in [4.78, 5) is 16.7. The molecule has 2 N–H and O–H groups in total. The lowest BCUT2D eigenvalue weighted by Gasteiger charge is -2.30. The Hall–Kier alpha value is -1.88. The van der Waals surface area contributed by atoms with Crippen LogP contribution in [0.15, 0.2) is 29.3 Å².